The van der Waals surface area contributed by atoms with Crippen molar-refractivity contribution in [1.82, 2.24) is 15.1 Å². The van der Waals surface area contributed by atoms with Gasteiger partial charge in [0.1, 0.15) is 0 Å². The fraction of sp³-hybridized carbons (Fsp3) is 0.476. The summed E-state index contributed by atoms with van der Waals surface area (Å²) in [5, 5.41) is 9.26. The van der Waals surface area contributed by atoms with Crippen LogP contribution in [0, 0.1) is 6.92 Å². The van der Waals surface area contributed by atoms with Gasteiger partial charge in [-0.25, -0.2) is 0 Å². The SMILES string of the molecule is Cc1ccc(Cl)cc1N1CCN(C(=O)c2ccc(N3CCCCC3)nn2)CC1. The highest BCUT2D eigenvalue weighted by molar-refractivity contribution is 6.30. The predicted octanol–water partition coefficient (Wildman–Crippen LogP) is 3.39. The lowest BCUT2D eigenvalue weighted by molar-refractivity contribution is 0.0739. The van der Waals surface area contributed by atoms with Gasteiger partial charge in [0.2, 0.25) is 0 Å². The molecule has 2 aliphatic heterocycles. The average Bonchev–Trinajstić information content (AvgIpc) is 2.76. The van der Waals surface area contributed by atoms with Crippen molar-refractivity contribution < 1.29 is 4.79 Å². The number of hydrogen-bond acceptors (Lipinski definition) is 5. The van der Waals surface area contributed by atoms with Crippen LogP contribution >= 0.6 is 11.6 Å². The minimum Gasteiger partial charge on any atom is -0.368 e. The van der Waals surface area contributed by atoms with E-state index >= 15 is 0 Å². The molecule has 0 unspecified atom stereocenters. The monoisotopic (exact) mass is 399 g/mol. The van der Waals surface area contributed by atoms with Gasteiger partial charge in [0.15, 0.2) is 11.5 Å². The molecule has 2 aromatic rings. The van der Waals surface area contributed by atoms with Gasteiger partial charge >= 0.3 is 0 Å². The number of aromatic nitrogens is 2. The molecule has 2 fully saturated rings. The summed E-state index contributed by atoms with van der Waals surface area (Å²) in [7, 11) is 0. The molecule has 3 heterocycles. The highest BCUT2D eigenvalue weighted by Crippen LogP contribution is 2.25. The Morgan fingerprint density at radius 1 is 0.893 bits per heavy atom. The zero-order chi connectivity index (χ0) is 19.5. The van der Waals surface area contributed by atoms with E-state index < -0.39 is 0 Å². The molecule has 28 heavy (non-hydrogen) atoms. The molecule has 2 saturated heterocycles. The quantitative estimate of drug-likeness (QED) is 0.791. The zero-order valence-corrected chi connectivity index (χ0v) is 17.0. The van der Waals surface area contributed by atoms with Gasteiger partial charge in [0, 0.05) is 50.0 Å². The van der Waals surface area contributed by atoms with E-state index in [1.54, 1.807) is 0 Å². The van der Waals surface area contributed by atoms with Crippen molar-refractivity contribution in [2.45, 2.75) is 26.2 Å². The van der Waals surface area contributed by atoms with Gasteiger partial charge in [-0.05, 0) is 56.0 Å². The third-order valence-corrected chi connectivity index (χ3v) is 5.86. The van der Waals surface area contributed by atoms with E-state index in [9.17, 15) is 4.79 Å². The molecule has 1 aromatic heterocycles. The number of carbonyl (C=O) groups is 1. The lowest BCUT2D eigenvalue weighted by Crippen LogP contribution is -2.49. The number of benzene rings is 1. The standard InChI is InChI=1S/C21H26ClN5O/c1-16-5-6-17(22)15-19(16)25-11-13-27(14-12-25)21(28)18-7-8-20(24-23-18)26-9-3-2-4-10-26/h5-8,15H,2-4,9-14H2,1H3. The second-order valence-corrected chi connectivity index (χ2v) is 7.97. The first-order valence-electron chi connectivity index (χ1n) is 10.0. The molecule has 0 saturated carbocycles. The maximum Gasteiger partial charge on any atom is 0.274 e. The molecule has 0 atom stereocenters. The number of carbonyl (C=O) groups excluding carboxylic acids is 1. The van der Waals surface area contributed by atoms with Gasteiger partial charge in [-0.15, -0.1) is 10.2 Å². The Balaban J connectivity index is 1.38. The van der Waals surface area contributed by atoms with E-state index in [1.165, 1.54) is 24.8 Å². The van der Waals surface area contributed by atoms with Crippen LogP contribution < -0.4 is 9.80 Å². The van der Waals surface area contributed by atoms with Crippen molar-refractivity contribution in [2.24, 2.45) is 0 Å². The third-order valence-electron chi connectivity index (χ3n) is 5.63. The summed E-state index contributed by atoms with van der Waals surface area (Å²) in [6.45, 7) is 7.03. The number of aryl methyl sites for hydroxylation is 1. The molecule has 7 heteroatoms. The van der Waals surface area contributed by atoms with Crippen molar-refractivity contribution in [2.75, 3.05) is 49.1 Å². The van der Waals surface area contributed by atoms with E-state index in [2.05, 4.69) is 26.9 Å². The van der Waals surface area contributed by atoms with Crippen molar-refractivity contribution in [3.63, 3.8) is 0 Å². The molecule has 1 aromatic carbocycles. The molecule has 148 valence electrons. The molecule has 1 amide bonds. The number of rotatable bonds is 3. The lowest BCUT2D eigenvalue weighted by Gasteiger charge is -2.36. The molecule has 4 rings (SSSR count). The summed E-state index contributed by atoms with van der Waals surface area (Å²) >= 11 is 6.15. The molecular formula is C21H26ClN5O. The highest BCUT2D eigenvalue weighted by atomic mass is 35.5. The van der Waals surface area contributed by atoms with Crippen molar-refractivity contribution >= 4 is 29.0 Å². The zero-order valence-electron chi connectivity index (χ0n) is 16.3. The Kier molecular flexibility index (Phi) is 5.67. The average molecular weight is 400 g/mol. The number of piperazine rings is 1. The number of piperidine rings is 1. The predicted molar refractivity (Wildman–Crippen MR) is 112 cm³/mol. The van der Waals surface area contributed by atoms with Gasteiger partial charge in [-0.2, -0.15) is 0 Å². The lowest BCUT2D eigenvalue weighted by atomic mass is 10.1. The summed E-state index contributed by atoms with van der Waals surface area (Å²) < 4.78 is 0. The summed E-state index contributed by atoms with van der Waals surface area (Å²) in [5.41, 5.74) is 2.77. The first-order chi connectivity index (χ1) is 13.6. The van der Waals surface area contributed by atoms with Crippen LogP contribution in [0.4, 0.5) is 11.5 Å². The number of amides is 1. The highest BCUT2D eigenvalue weighted by Gasteiger charge is 2.24. The molecule has 0 bridgehead atoms. The second-order valence-electron chi connectivity index (χ2n) is 7.53. The van der Waals surface area contributed by atoms with Gasteiger partial charge in [0.25, 0.3) is 5.91 Å². The third kappa shape index (κ3) is 4.07. The Morgan fingerprint density at radius 2 is 1.64 bits per heavy atom. The van der Waals surface area contributed by atoms with E-state index in [4.69, 9.17) is 11.6 Å². The number of anilines is 2. The second kappa shape index (κ2) is 8.35. The Labute approximate surface area is 171 Å². The molecule has 0 radical (unpaired) electrons. The topological polar surface area (TPSA) is 52.6 Å². The first kappa shape index (κ1) is 19.0. The van der Waals surface area contributed by atoms with Crippen LogP contribution in [0.5, 0.6) is 0 Å². The van der Waals surface area contributed by atoms with Gasteiger partial charge in [-0.1, -0.05) is 17.7 Å². The molecule has 0 spiro atoms. The van der Waals surface area contributed by atoms with E-state index in [1.807, 2.05) is 35.2 Å². The summed E-state index contributed by atoms with van der Waals surface area (Å²) in [5.74, 6) is 0.831. The number of nitrogens with zero attached hydrogens (tertiary/aromatic N) is 5. The first-order valence-corrected chi connectivity index (χ1v) is 10.4. The smallest absolute Gasteiger partial charge is 0.274 e. The van der Waals surface area contributed by atoms with E-state index in [0.717, 1.165) is 42.7 Å². The van der Waals surface area contributed by atoms with Gasteiger partial charge in [0.05, 0.1) is 0 Å². The number of halogens is 1. The van der Waals surface area contributed by atoms with Crippen LogP contribution in [0.2, 0.25) is 5.02 Å². The van der Waals surface area contributed by atoms with Crippen molar-refractivity contribution in [1.29, 1.82) is 0 Å². The largest absolute Gasteiger partial charge is 0.368 e. The van der Waals surface area contributed by atoms with Crippen LogP contribution in [0.25, 0.3) is 0 Å². The van der Waals surface area contributed by atoms with Crippen molar-refractivity contribution in [3.05, 3.63) is 46.6 Å². The van der Waals surface area contributed by atoms with E-state index in [-0.39, 0.29) is 5.91 Å². The Hall–Kier alpha value is -2.34. The maximum atomic E-state index is 12.8. The summed E-state index contributed by atoms with van der Waals surface area (Å²) in [6, 6.07) is 9.68. The summed E-state index contributed by atoms with van der Waals surface area (Å²) in [6.07, 6.45) is 3.67. The Bertz CT molecular complexity index is 827. The molecule has 0 N–H and O–H groups in total. The Morgan fingerprint density at radius 3 is 2.32 bits per heavy atom. The van der Waals surface area contributed by atoms with E-state index in [0.29, 0.717) is 18.8 Å². The van der Waals surface area contributed by atoms with Crippen molar-refractivity contribution in [3.8, 4) is 0 Å². The van der Waals surface area contributed by atoms with Crippen LogP contribution in [-0.2, 0) is 0 Å². The fourth-order valence-electron chi connectivity index (χ4n) is 3.97. The molecule has 2 aliphatic rings. The minimum atomic E-state index is -0.0415. The van der Waals surface area contributed by atoms with Crippen LogP contribution in [0.15, 0.2) is 30.3 Å². The van der Waals surface area contributed by atoms with Crippen LogP contribution in [0.1, 0.15) is 35.3 Å². The number of hydrogen-bond donors (Lipinski definition) is 0. The summed E-state index contributed by atoms with van der Waals surface area (Å²) in [4.78, 5) is 19.2. The maximum absolute atomic E-state index is 12.8. The van der Waals surface area contributed by atoms with Gasteiger partial charge in [-0.3, -0.25) is 4.79 Å². The molecule has 6 nitrogen and oxygen atoms in total. The van der Waals surface area contributed by atoms with Crippen LogP contribution in [0.3, 0.4) is 0 Å². The fourth-order valence-corrected chi connectivity index (χ4v) is 4.13. The molecular weight excluding hydrogens is 374 g/mol. The molecule has 0 aliphatic carbocycles. The minimum absolute atomic E-state index is 0.0415. The van der Waals surface area contributed by atoms with Crippen LogP contribution in [-0.4, -0.2) is 60.3 Å². The normalized spacial score (nSPS) is 17.7. The van der Waals surface area contributed by atoms with Gasteiger partial charge < -0.3 is 14.7 Å².